The van der Waals surface area contributed by atoms with E-state index in [1.807, 2.05) is 6.92 Å². The minimum absolute atomic E-state index is 0.0326. The predicted molar refractivity (Wildman–Crippen MR) is 96.7 cm³/mol. The summed E-state index contributed by atoms with van der Waals surface area (Å²) in [4.78, 5) is 33.9. The predicted octanol–water partition coefficient (Wildman–Crippen LogP) is 3.02. The molecule has 0 bridgehead atoms. The minimum Gasteiger partial charge on any atom is -0.482 e. The van der Waals surface area contributed by atoms with Gasteiger partial charge in [-0.05, 0) is 31.2 Å². The van der Waals surface area contributed by atoms with Crippen molar-refractivity contribution in [2.24, 2.45) is 0 Å². The Morgan fingerprint density at radius 2 is 2.00 bits per heavy atom. The van der Waals surface area contributed by atoms with Gasteiger partial charge in [-0.2, -0.15) is 0 Å². The molecule has 0 aliphatic heterocycles. The lowest BCUT2D eigenvalue weighted by Gasteiger charge is -2.10. The fourth-order valence-corrected chi connectivity index (χ4v) is 2.29. The lowest BCUT2D eigenvalue weighted by Crippen LogP contribution is -2.23. The first-order valence-electron chi connectivity index (χ1n) is 7.65. The number of rotatable bonds is 7. The number of nitrogens with zero attached hydrogens (tertiary/aromatic N) is 1. The molecular formula is C17H16ClN3O5. The Morgan fingerprint density at radius 1 is 1.23 bits per heavy atom. The first-order chi connectivity index (χ1) is 12.4. The van der Waals surface area contributed by atoms with Crippen molar-refractivity contribution in [1.82, 2.24) is 5.32 Å². The zero-order valence-electron chi connectivity index (χ0n) is 13.8. The third-order valence-electron chi connectivity index (χ3n) is 3.23. The molecule has 0 aromatic heterocycles. The zero-order valence-corrected chi connectivity index (χ0v) is 14.6. The van der Waals surface area contributed by atoms with E-state index in [0.29, 0.717) is 17.8 Å². The summed E-state index contributed by atoms with van der Waals surface area (Å²) in [6, 6.07) is 10.2. The maximum absolute atomic E-state index is 12.0. The highest BCUT2D eigenvalue weighted by atomic mass is 35.5. The van der Waals surface area contributed by atoms with Gasteiger partial charge in [0.25, 0.3) is 17.5 Å². The third kappa shape index (κ3) is 5.18. The van der Waals surface area contributed by atoms with Gasteiger partial charge in [0.2, 0.25) is 0 Å². The average molecular weight is 378 g/mol. The van der Waals surface area contributed by atoms with Crippen LogP contribution in [0, 0.1) is 10.1 Å². The molecule has 0 unspecified atom stereocenters. The van der Waals surface area contributed by atoms with Gasteiger partial charge in [0, 0.05) is 29.9 Å². The van der Waals surface area contributed by atoms with Crippen LogP contribution in [0.25, 0.3) is 0 Å². The normalized spacial score (nSPS) is 10.1. The van der Waals surface area contributed by atoms with Crippen LogP contribution in [0.2, 0.25) is 5.02 Å². The third-order valence-corrected chi connectivity index (χ3v) is 3.53. The number of nitro benzene ring substituents is 1. The maximum Gasteiger partial charge on any atom is 0.271 e. The molecule has 2 N–H and O–H groups in total. The molecule has 26 heavy (non-hydrogen) atoms. The van der Waals surface area contributed by atoms with E-state index in [1.54, 1.807) is 24.3 Å². The molecule has 0 atom stereocenters. The number of anilines is 1. The molecule has 9 heteroatoms. The molecule has 0 saturated heterocycles. The second-order valence-corrected chi connectivity index (χ2v) is 5.56. The lowest BCUT2D eigenvalue weighted by atomic mass is 10.2. The molecule has 0 heterocycles. The quantitative estimate of drug-likeness (QED) is 0.569. The number of carbonyl (C=O) groups is 2. The Hall–Kier alpha value is -3.13. The highest BCUT2D eigenvalue weighted by Gasteiger charge is 2.12. The molecule has 0 aliphatic rings. The lowest BCUT2D eigenvalue weighted by molar-refractivity contribution is -0.384. The van der Waals surface area contributed by atoms with Crippen LogP contribution >= 0.6 is 11.6 Å². The fraction of sp³-hybridized carbons (Fsp3) is 0.176. The van der Waals surface area contributed by atoms with Crippen LogP contribution in [0.5, 0.6) is 5.75 Å². The number of halogens is 1. The number of carbonyl (C=O) groups excluding carboxylic acids is 2. The largest absolute Gasteiger partial charge is 0.482 e. The van der Waals surface area contributed by atoms with E-state index in [-0.39, 0.29) is 29.0 Å². The van der Waals surface area contributed by atoms with Crippen molar-refractivity contribution in [3.63, 3.8) is 0 Å². The molecule has 136 valence electrons. The summed E-state index contributed by atoms with van der Waals surface area (Å²) in [7, 11) is 0. The van der Waals surface area contributed by atoms with Crippen molar-refractivity contribution in [2.75, 3.05) is 18.5 Å². The first kappa shape index (κ1) is 19.2. The van der Waals surface area contributed by atoms with Crippen molar-refractivity contribution in [3.05, 3.63) is 63.2 Å². The first-order valence-corrected chi connectivity index (χ1v) is 8.03. The number of ether oxygens (including phenoxy) is 1. The van der Waals surface area contributed by atoms with Crippen LogP contribution in [0.15, 0.2) is 42.5 Å². The van der Waals surface area contributed by atoms with Gasteiger partial charge in [-0.3, -0.25) is 19.7 Å². The molecule has 8 nitrogen and oxygen atoms in total. The Morgan fingerprint density at radius 3 is 2.65 bits per heavy atom. The number of hydrogen-bond donors (Lipinski definition) is 2. The maximum atomic E-state index is 12.0. The molecule has 0 radical (unpaired) electrons. The molecular weight excluding hydrogens is 362 g/mol. The molecule has 0 fully saturated rings. The SMILES string of the molecule is CCNC(=O)c1cccc(NC(=O)COc2ccc([N+](=O)[O-])cc2Cl)c1. The van der Waals surface area contributed by atoms with Crippen molar-refractivity contribution in [1.29, 1.82) is 0 Å². The smallest absolute Gasteiger partial charge is 0.271 e. The van der Waals surface area contributed by atoms with Gasteiger partial charge in [-0.1, -0.05) is 17.7 Å². The molecule has 2 aromatic rings. The van der Waals surface area contributed by atoms with Crippen LogP contribution in [-0.2, 0) is 4.79 Å². The number of benzene rings is 2. The van der Waals surface area contributed by atoms with Gasteiger partial charge >= 0.3 is 0 Å². The average Bonchev–Trinajstić information content (AvgIpc) is 2.61. The topological polar surface area (TPSA) is 111 Å². The highest BCUT2D eigenvalue weighted by Crippen LogP contribution is 2.28. The number of hydrogen-bond acceptors (Lipinski definition) is 5. The number of non-ortho nitro benzene ring substituents is 1. The fourth-order valence-electron chi connectivity index (χ4n) is 2.06. The summed E-state index contributed by atoms with van der Waals surface area (Å²) in [6.07, 6.45) is 0. The summed E-state index contributed by atoms with van der Waals surface area (Å²) in [6.45, 7) is 1.96. The van der Waals surface area contributed by atoms with E-state index < -0.39 is 10.8 Å². The summed E-state index contributed by atoms with van der Waals surface area (Å²) in [5, 5.41) is 16.0. The van der Waals surface area contributed by atoms with Crippen molar-refractivity contribution >= 4 is 34.8 Å². The van der Waals surface area contributed by atoms with Crippen LogP contribution in [0.1, 0.15) is 17.3 Å². The van der Waals surface area contributed by atoms with E-state index in [0.717, 1.165) is 6.07 Å². The Kier molecular flexibility index (Phi) is 6.51. The van der Waals surface area contributed by atoms with Gasteiger partial charge in [0.15, 0.2) is 6.61 Å². The second-order valence-electron chi connectivity index (χ2n) is 5.15. The Labute approximate surface area is 154 Å². The molecule has 0 aliphatic carbocycles. The monoisotopic (exact) mass is 377 g/mol. The summed E-state index contributed by atoms with van der Waals surface area (Å²) in [5.74, 6) is -0.548. The van der Waals surface area contributed by atoms with Crippen molar-refractivity contribution in [2.45, 2.75) is 6.92 Å². The van der Waals surface area contributed by atoms with Gasteiger partial charge < -0.3 is 15.4 Å². The van der Waals surface area contributed by atoms with Crippen molar-refractivity contribution in [3.8, 4) is 5.75 Å². The van der Waals surface area contributed by atoms with Crippen LogP contribution < -0.4 is 15.4 Å². The van der Waals surface area contributed by atoms with Crippen LogP contribution in [-0.4, -0.2) is 29.9 Å². The van der Waals surface area contributed by atoms with Crippen LogP contribution in [0.4, 0.5) is 11.4 Å². The number of amides is 2. The van der Waals surface area contributed by atoms with E-state index in [4.69, 9.17) is 16.3 Å². The molecule has 2 aromatic carbocycles. The van der Waals surface area contributed by atoms with E-state index in [2.05, 4.69) is 10.6 Å². The van der Waals surface area contributed by atoms with Gasteiger partial charge in [0.1, 0.15) is 5.75 Å². The Bertz CT molecular complexity index is 841. The van der Waals surface area contributed by atoms with E-state index in [1.165, 1.54) is 12.1 Å². The Balaban J connectivity index is 1.96. The van der Waals surface area contributed by atoms with Crippen LogP contribution in [0.3, 0.4) is 0 Å². The number of nitrogens with one attached hydrogen (secondary N) is 2. The highest BCUT2D eigenvalue weighted by molar-refractivity contribution is 6.32. The zero-order chi connectivity index (χ0) is 19.1. The standard InChI is InChI=1S/C17H16ClN3O5/c1-2-19-17(23)11-4-3-5-12(8-11)20-16(22)10-26-15-7-6-13(21(24)25)9-14(15)18/h3-9H,2,10H2,1H3,(H,19,23)(H,20,22). The van der Waals surface area contributed by atoms with Gasteiger partial charge in [0.05, 0.1) is 9.95 Å². The molecule has 0 spiro atoms. The molecule has 0 saturated carbocycles. The van der Waals surface area contributed by atoms with E-state index in [9.17, 15) is 19.7 Å². The second kappa shape index (κ2) is 8.82. The van der Waals surface area contributed by atoms with Crippen molar-refractivity contribution < 1.29 is 19.2 Å². The van der Waals surface area contributed by atoms with Gasteiger partial charge in [-0.25, -0.2) is 0 Å². The minimum atomic E-state index is -0.579. The summed E-state index contributed by atoms with van der Waals surface area (Å²) in [5.41, 5.74) is 0.690. The van der Waals surface area contributed by atoms with E-state index >= 15 is 0 Å². The molecule has 2 rings (SSSR count). The summed E-state index contributed by atoms with van der Waals surface area (Å²) >= 11 is 5.90. The summed E-state index contributed by atoms with van der Waals surface area (Å²) < 4.78 is 5.28. The van der Waals surface area contributed by atoms with Gasteiger partial charge in [-0.15, -0.1) is 0 Å². The molecule has 2 amide bonds. The number of nitro groups is 1.